The van der Waals surface area contributed by atoms with Crippen LogP contribution in [-0.2, 0) is 16.2 Å². The first-order valence-corrected chi connectivity index (χ1v) is 10.6. The number of nitrogens with one attached hydrogen (secondary N) is 2. The summed E-state index contributed by atoms with van der Waals surface area (Å²) in [5.74, 6) is -0.252. The minimum absolute atomic E-state index is 0.485. The number of amides is 2. The van der Waals surface area contributed by atoms with Crippen molar-refractivity contribution >= 4 is 23.2 Å². The summed E-state index contributed by atoms with van der Waals surface area (Å²) in [4.78, 5) is 24.2. The van der Waals surface area contributed by atoms with Crippen molar-refractivity contribution in [3.05, 3.63) is 89.5 Å². The van der Waals surface area contributed by atoms with E-state index in [1.807, 2.05) is 62.4 Å². The van der Waals surface area contributed by atoms with Crippen LogP contribution in [0.5, 0.6) is 11.5 Å². The molecule has 0 aliphatic carbocycles. The molecule has 7 heteroatoms. The van der Waals surface area contributed by atoms with Gasteiger partial charge >= 0.3 is 11.8 Å². The van der Waals surface area contributed by atoms with Crippen LogP contribution in [0.15, 0.2) is 77.9 Å². The Morgan fingerprint density at radius 2 is 1.48 bits per heavy atom. The molecule has 0 unspecified atom stereocenters. The highest BCUT2D eigenvalue weighted by Crippen LogP contribution is 2.17. The number of rotatable bonds is 8. The molecular weight excluding hydrogens is 418 g/mol. The summed E-state index contributed by atoms with van der Waals surface area (Å²) in [7, 11) is 0. The lowest BCUT2D eigenvalue weighted by atomic mass is 10.1. The lowest BCUT2D eigenvalue weighted by Crippen LogP contribution is -2.32. The van der Waals surface area contributed by atoms with Crippen LogP contribution in [-0.4, -0.2) is 24.1 Å². The van der Waals surface area contributed by atoms with E-state index in [0.717, 1.165) is 16.9 Å². The predicted octanol–water partition coefficient (Wildman–Crippen LogP) is 4.45. The number of ether oxygens (including phenoxy) is 2. The van der Waals surface area contributed by atoms with Crippen molar-refractivity contribution in [2.24, 2.45) is 5.10 Å². The summed E-state index contributed by atoms with van der Waals surface area (Å²) in [5, 5.41) is 6.55. The first-order valence-electron chi connectivity index (χ1n) is 10.6. The highest BCUT2D eigenvalue weighted by Gasteiger charge is 2.13. The zero-order valence-electron chi connectivity index (χ0n) is 18.9. The maximum absolute atomic E-state index is 12.1. The largest absolute Gasteiger partial charge is 0.494 e. The van der Waals surface area contributed by atoms with E-state index in [1.54, 1.807) is 31.2 Å². The van der Waals surface area contributed by atoms with Gasteiger partial charge in [0.05, 0.1) is 12.3 Å². The van der Waals surface area contributed by atoms with Gasteiger partial charge in [-0.1, -0.05) is 24.3 Å². The van der Waals surface area contributed by atoms with Crippen molar-refractivity contribution in [2.75, 3.05) is 11.9 Å². The normalized spacial score (nSPS) is 10.9. The average Bonchev–Trinajstić information content (AvgIpc) is 2.83. The molecule has 2 amide bonds. The lowest BCUT2D eigenvalue weighted by molar-refractivity contribution is -0.136. The Morgan fingerprint density at radius 3 is 2.15 bits per heavy atom. The Morgan fingerprint density at radius 1 is 0.848 bits per heavy atom. The maximum atomic E-state index is 12.1. The summed E-state index contributed by atoms with van der Waals surface area (Å²) in [6.45, 7) is 6.72. The molecule has 3 aromatic carbocycles. The highest BCUT2D eigenvalue weighted by atomic mass is 16.5. The van der Waals surface area contributed by atoms with Crippen LogP contribution in [0.3, 0.4) is 0 Å². The standard InChI is InChI=1S/C26H27N3O4/c1-4-32-23-15-11-22(12-16-23)27-25(30)26(31)29-28-19(3)20-9-13-24(14-10-20)33-17-21-8-6-5-7-18(21)2/h5-16H,4,17H2,1-3H3,(H,27,30)(H,29,31). The van der Waals surface area contributed by atoms with Crippen molar-refractivity contribution in [3.8, 4) is 11.5 Å². The van der Waals surface area contributed by atoms with Gasteiger partial charge in [0.25, 0.3) is 0 Å². The fourth-order valence-electron chi connectivity index (χ4n) is 2.96. The van der Waals surface area contributed by atoms with Gasteiger partial charge in [-0.3, -0.25) is 9.59 Å². The monoisotopic (exact) mass is 445 g/mol. The molecule has 0 aliphatic rings. The van der Waals surface area contributed by atoms with Gasteiger partial charge in [0.15, 0.2) is 0 Å². The van der Waals surface area contributed by atoms with Gasteiger partial charge in [-0.2, -0.15) is 5.10 Å². The van der Waals surface area contributed by atoms with Crippen LogP contribution in [0.2, 0.25) is 0 Å². The number of nitrogens with zero attached hydrogens (tertiary/aromatic N) is 1. The molecule has 0 heterocycles. The van der Waals surface area contributed by atoms with Crippen LogP contribution in [0.1, 0.15) is 30.5 Å². The average molecular weight is 446 g/mol. The molecule has 170 valence electrons. The molecule has 0 atom stereocenters. The molecule has 0 saturated heterocycles. The van der Waals surface area contributed by atoms with Gasteiger partial charge in [0, 0.05) is 5.69 Å². The number of benzene rings is 3. The minimum Gasteiger partial charge on any atom is -0.494 e. The predicted molar refractivity (Wildman–Crippen MR) is 129 cm³/mol. The summed E-state index contributed by atoms with van der Waals surface area (Å²) in [6.07, 6.45) is 0. The molecule has 0 bridgehead atoms. The lowest BCUT2D eigenvalue weighted by Gasteiger charge is -2.09. The van der Waals surface area contributed by atoms with Gasteiger partial charge < -0.3 is 14.8 Å². The van der Waals surface area contributed by atoms with E-state index in [1.165, 1.54) is 5.56 Å². The Hall–Kier alpha value is -4.13. The molecule has 3 aromatic rings. The summed E-state index contributed by atoms with van der Waals surface area (Å²) >= 11 is 0. The summed E-state index contributed by atoms with van der Waals surface area (Å²) in [6, 6.07) is 22.2. The second-order valence-electron chi connectivity index (χ2n) is 7.29. The summed E-state index contributed by atoms with van der Waals surface area (Å²) < 4.78 is 11.2. The minimum atomic E-state index is -0.860. The Bertz CT molecular complexity index is 1120. The van der Waals surface area contributed by atoms with E-state index in [9.17, 15) is 9.59 Å². The number of hydrazone groups is 1. The third kappa shape index (κ3) is 6.93. The molecule has 3 rings (SSSR count). The Balaban J connectivity index is 1.51. The smallest absolute Gasteiger partial charge is 0.329 e. The van der Waals surface area contributed by atoms with Crippen LogP contribution in [0.4, 0.5) is 5.69 Å². The van der Waals surface area contributed by atoms with Crippen molar-refractivity contribution in [1.29, 1.82) is 0 Å². The number of aryl methyl sites for hydroxylation is 1. The van der Waals surface area contributed by atoms with Gasteiger partial charge in [0.1, 0.15) is 18.1 Å². The number of hydrogen-bond donors (Lipinski definition) is 2. The van der Waals surface area contributed by atoms with E-state index in [2.05, 4.69) is 15.8 Å². The van der Waals surface area contributed by atoms with Crippen molar-refractivity contribution in [2.45, 2.75) is 27.4 Å². The molecule has 7 nitrogen and oxygen atoms in total. The molecule has 0 aromatic heterocycles. The van der Waals surface area contributed by atoms with E-state index >= 15 is 0 Å². The molecule has 0 fully saturated rings. The third-order valence-corrected chi connectivity index (χ3v) is 4.88. The van der Waals surface area contributed by atoms with E-state index < -0.39 is 11.8 Å². The quantitative estimate of drug-likeness (QED) is 0.305. The summed E-state index contributed by atoms with van der Waals surface area (Å²) in [5.41, 5.74) is 6.43. The zero-order valence-corrected chi connectivity index (χ0v) is 18.9. The van der Waals surface area contributed by atoms with Crippen LogP contribution in [0, 0.1) is 6.92 Å². The van der Waals surface area contributed by atoms with Crippen LogP contribution in [0.25, 0.3) is 0 Å². The third-order valence-electron chi connectivity index (χ3n) is 4.88. The first kappa shape index (κ1) is 23.5. The second-order valence-corrected chi connectivity index (χ2v) is 7.29. The van der Waals surface area contributed by atoms with E-state index in [0.29, 0.717) is 30.4 Å². The van der Waals surface area contributed by atoms with Crippen LogP contribution < -0.4 is 20.2 Å². The first-order chi connectivity index (χ1) is 16.0. The molecule has 0 aliphatic heterocycles. The number of hydrogen-bond acceptors (Lipinski definition) is 5. The zero-order chi connectivity index (χ0) is 23.6. The molecule has 0 spiro atoms. The topological polar surface area (TPSA) is 89.0 Å². The van der Waals surface area contributed by atoms with Gasteiger partial charge in [0.2, 0.25) is 0 Å². The Kier molecular flexibility index (Phi) is 8.18. The van der Waals surface area contributed by atoms with Gasteiger partial charge in [-0.15, -0.1) is 0 Å². The van der Waals surface area contributed by atoms with Crippen molar-refractivity contribution < 1.29 is 19.1 Å². The number of anilines is 1. The SMILES string of the molecule is CCOc1ccc(NC(=O)C(=O)NN=C(C)c2ccc(OCc3ccccc3C)cc2)cc1. The molecule has 0 saturated carbocycles. The Labute approximate surface area is 193 Å². The number of carbonyl (C=O) groups excluding carboxylic acids is 2. The molecule has 33 heavy (non-hydrogen) atoms. The van der Waals surface area contributed by atoms with E-state index in [4.69, 9.17) is 9.47 Å². The van der Waals surface area contributed by atoms with Crippen LogP contribution >= 0.6 is 0 Å². The van der Waals surface area contributed by atoms with Crippen molar-refractivity contribution in [1.82, 2.24) is 5.43 Å². The fraction of sp³-hybridized carbons (Fsp3) is 0.192. The van der Waals surface area contributed by atoms with Gasteiger partial charge in [-0.05, 0) is 86.0 Å². The van der Waals surface area contributed by atoms with Crippen molar-refractivity contribution in [3.63, 3.8) is 0 Å². The van der Waals surface area contributed by atoms with E-state index in [-0.39, 0.29) is 0 Å². The second kappa shape index (κ2) is 11.5. The number of carbonyl (C=O) groups is 2. The molecule has 0 radical (unpaired) electrons. The maximum Gasteiger partial charge on any atom is 0.329 e. The molecular formula is C26H27N3O4. The molecule has 2 N–H and O–H groups in total. The van der Waals surface area contributed by atoms with Gasteiger partial charge in [-0.25, -0.2) is 5.43 Å². The highest BCUT2D eigenvalue weighted by molar-refractivity contribution is 6.39. The fourth-order valence-corrected chi connectivity index (χ4v) is 2.96.